The van der Waals surface area contributed by atoms with Crippen LogP contribution >= 0.6 is 0 Å². The minimum atomic E-state index is 0.0814. The highest BCUT2D eigenvalue weighted by Crippen LogP contribution is 2.18. The van der Waals surface area contributed by atoms with E-state index in [1.807, 2.05) is 59.5 Å². The van der Waals surface area contributed by atoms with Crippen LogP contribution in [-0.4, -0.2) is 42.8 Å². The number of nitrogens with zero attached hydrogens (tertiary/aromatic N) is 2. The standard InChI is InChI=1S/C20H22N2O2/c1-16(23)18-7-9-19(10-8-18)21-11-13-22(14-12-21)20(24)15-17-5-3-2-4-6-17/h2-10H,11-15H2,1H3. The third-order valence-corrected chi connectivity index (χ3v) is 4.47. The predicted molar refractivity (Wildman–Crippen MR) is 95.4 cm³/mol. The lowest BCUT2D eigenvalue weighted by atomic mass is 10.1. The van der Waals surface area contributed by atoms with Crippen LogP contribution in [0.1, 0.15) is 22.8 Å². The molecular formula is C20H22N2O2. The molecule has 2 aromatic rings. The first-order valence-electron chi connectivity index (χ1n) is 8.31. The van der Waals surface area contributed by atoms with Gasteiger partial charge in [0.15, 0.2) is 5.78 Å². The third-order valence-electron chi connectivity index (χ3n) is 4.47. The fourth-order valence-electron chi connectivity index (χ4n) is 3.00. The van der Waals surface area contributed by atoms with Crippen LogP contribution in [-0.2, 0) is 11.2 Å². The molecule has 0 spiro atoms. The quantitative estimate of drug-likeness (QED) is 0.813. The molecule has 2 aromatic carbocycles. The van der Waals surface area contributed by atoms with Gasteiger partial charge in [0.25, 0.3) is 0 Å². The van der Waals surface area contributed by atoms with E-state index in [1.165, 1.54) is 0 Å². The normalized spacial score (nSPS) is 14.5. The van der Waals surface area contributed by atoms with Gasteiger partial charge in [-0.3, -0.25) is 9.59 Å². The van der Waals surface area contributed by atoms with Crippen LogP contribution in [0.25, 0.3) is 0 Å². The number of piperazine rings is 1. The number of carbonyl (C=O) groups excluding carboxylic acids is 2. The van der Waals surface area contributed by atoms with E-state index in [-0.39, 0.29) is 11.7 Å². The Hall–Kier alpha value is -2.62. The molecule has 0 saturated carbocycles. The SMILES string of the molecule is CC(=O)c1ccc(N2CCN(C(=O)Cc3ccccc3)CC2)cc1. The molecule has 1 heterocycles. The summed E-state index contributed by atoms with van der Waals surface area (Å²) in [6.45, 7) is 4.69. The number of hydrogen-bond donors (Lipinski definition) is 0. The lowest BCUT2D eigenvalue weighted by Crippen LogP contribution is -2.49. The van der Waals surface area contributed by atoms with Crippen molar-refractivity contribution in [1.29, 1.82) is 0 Å². The molecule has 0 unspecified atom stereocenters. The minimum Gasteiger partial charge on any atom is -0.368 e. The van der Waals surface area contributed by atoms with E-state index in [2.05, 4.69) is 4.90 Å². The van der Waals surface area contributed by atoms with E-state index in [4.69, 9.17) is 0 Å². The molecule has 1 aliphatic rings. The average Bonchev–Trinajstić information content (AvgIpc) is 2.63. The summed E-state index contributed by atoms with van der Waals surface area (Å²) < 4.78 is 0. The number of amides is 1. The van der Waals surface area contributed by atoms with Gasteiger partial charge in [-0.2, -0.15) is 0 Å². The van der Waals surface area contributed by atoms with Gasteiger partial charge in [0.1, 0.15) is 0 Å². The highest BCUT2D eigenvalue weighted by atomic mass is 16.2. The van der Waals surface area contributed by atoms with Crippen LogP contribution in [0.15, 0.2) is 54.6 Å². The van der Waals surface area contributed by atoms with Gasteiger partial charge < -0.3 is 9.80 Å². The zero-order chi connectivity index (χ0) is 16.9. The fourth-order valence-corrected chi connectivity index (χ4v) is 3.00. The lowest BCUT2D eigenvalue weighted by molar-refractivity contribution is -0.130. The third kappa shape index (κ3) is 3.82. The molecule has 124 valence electrons. The van der Waals surface area contributed by atoms with Crippen LogP contribution in [0.5, 0.6) is 0 Å². The van der Waals surface area contributed by atoms with Crippen molar-refractivity contribution in [2.24, 2.45) is 0 Å². The number of Topliss-reactive ketones (excluding diaryl/α,β-unsaturated/α-hetero) is 1. The van der Waals surface area contributed by atoms with Gasteiger partial charge in [0, 0.05) is 37.4 Å². The van der Waals surface area contributed by atoms with Crippen LogP contribution < -0.4 is 4.90 Å². The minimum absolute atomic E-state index is 0.0814. The fraction of sp³-hybridized carbons (Fsp3) is 0.300. The molecule has 0 aromatic heterocycles. The summed E-state index contributed by atoms with van der Waals surface area (Å²) >= 11 is 0. The van der Waals surface area contributed by atoms with Crippen molar-refractivity contribution in [2.75, 3.05) is 31.1 Å². The van der Waals surface area contributed by atoms with Crippen molar-refractivity contribution in [2.45, 2.75) is 13.3 Å². The summed E-state index contributed by atoms with van der Waals surface area (Å²) in [4.78, 5) is 27.9. The monoisotopic (exact) mass is 322 g/mol. The van der Waals surface area contributed by atoms with E-state index in [0.29, 0.717) is 6.42 Å². The summed E-state index contributed by atoms with van der Waals surface area (Å²) in [5, 5.41) is 0. The summed E-state index contributed by atoms with van der Waals surface area (Å²) in [6.07, 6.45) is 0.466. The first-order chi connectivity index (χ1) is 11.6. The predicted octanol–water partition coefficient (Wildman–Crippen LogP) is 2.78. The Bertz CT molecular complexity index is 702. The lowest BCUT2D eigenvalue weighted by Gasteiger charge is -2.36. The topological polar surface area (TPSA) is 40.6 Å². The summed E-state index contributed by atoms with van der Waals surface area (Å²) in [5.74, 6) is 0.269. The second-order valence-electron chi connectivity index (χ2n) is 6.13. The molecule has 1 aliphatic heterocycles. The van der Waals surface area contributed by atoms with Gasteiger partial charge in [-0.15, -0.1) is 0 Å². The Balaban J connectivity index is 1.55. The largest absolute Gasteiger partial charge is 0.368 e. The van der Waals surface area contributed by atoms with Gasteiger partial charge in [-0.25, -0.2) is 0 Å². The first-order valence-corrected chi connectivity index (χ1v) is 8.31. The molecule has 1 fully saturated rings. The van der Waals surface area contributed by atoms with Crippen LogP contribution in [0.2, 0.25) is 0 Å². The van der Waals surface area contributed by atoms with Crippen LogP contribution in [0.3, 0.4) is 0 Å². The van der Waals surface area contributed by atoms with Gasteiger partial charge >= 0.3 is 0 Å². The Morgan fingerprint density at radius 2 is 1.50 bits per heavy atom. The molecule has 1 saturated heterocycles. The second-order valence-corrected chi connectivity index (χ2v) is 6.13. The Morgan fingerprint density at radius 3 is 2.08 bits per heavy atom. The Kier molecular flexibility index (Phi) is 4.94. The van der Waals surface area contributed by atoms with E-state index in [9.17, 15) is 9.59 Å². The van der Waals surface area contributed by atoms with Crippen LogP contribution in [0.4, 0.5) is 5.69 Å². The summed E-state index contributed by atoms with van der Waals surface area (Å²) in [7, 11) is 0. The number of ketones is 1. The molecule has 4 nitrogen and oxygen atoms in total. The van der Waals surface area contributed by atoms with Crippen molar-refractivity contribution in [1.82, 2.24) is 4.90 Å². The number of benzene rings is 2. The van der Waals surface area contributed by atoms with Gasteiger partial charge in [-0.1, -0.05) is 30.3 Å². The maximum atomic E-state index is 12.4. The summed E-state index contributed by atoms with van der Waals surface area (Å²) in [5.41, 5.74) is 2.90. The van der Waals surface area contributed by atoms with Crippen molar-refractivity contribution >= 4 is 17.4 Å². The molecule has 1 amide bonds. The number of rotatable bonds is 4. The van der Waals surface area contributed by atoms with Crippen LogP contribution in [0, 0.1) is 0 Å². The first kappa shape index (κ1) is 16.2. The maximum Gasteiger partial charge on any atom is 0.227 e. The van der Waals surface area contributed by atoms with Crippen molar-refractivity contribution in [3.05, 3.63) is 65.7 Å². The number of hydrogen-bond acceptors (Lipinski definition) is 3. The van der Waals surface area contributed by atoms with E-state index < -0.39 is 0 Å². The van der Waals surface area contributed by atoms with Gasteiger partial charge in [0.05, 0.1) is 6.42 Å². The van der Waals surface area contributed by atoms with E-state index in [1.54, 1.807) is 6.92 Å². The highest BCUT2D eigenvalue weighted by molar-refractivity contribution is 5.94. The molecule has 0 aliphatic carbocycles. The Morgan fingerprint density at radius 1 is 0.875 bits per heavy atom. The Labute approximate surface area is 142 Å². The smallest absolute Gasteiger partial charge is 0.227 e. The zero-order valence-corrected chi connectivity index (χ0v) is 13.9. The molecule has 24 heavy (non-hydrogen) atoms. The molecule has 0 radical (unpaired) electrons. The molecule has 4 heteroatoms. The highest BCUT2D eigenvalue weighted by Gasteiger charge is 2.21. The van der Waals surface area contributed by atoms with E-state index >= 15 is 0 Å². The average molecular weight is 322 g/mol. The number of carbonyl (C=O) groups is 2. The van der Waals surface area contributed by atoms with Crippen molar-refractivity contribution in [3.63, 3.8) is 0 Å². The van der Waals surface area contributed by atoms with E-state index in [0.717, 1.165) is 43.0 Å². The van der Waals surface area contributed by atoms with Crippen molar-refractivity contribution < 1.29 is 9.59 Å². The molecule has 0 bridgehead atoms. The molecular weight excluding hydrogens is 300 g/mol. The van der Waals surface area contributed by atoms with Gasteiger partial charge in [0.2, 0.25) is 5.91 Å². The second kappa shape index (κ2) is 7.30. The van der Waals surface area contributed by atoms with Crippen molar-refractivity contribution in [3.8, 4) is 0 Å². The number of anilines is 1. The molecule has 0 atom stereocenters. The van der Waals surface area contributed by atoms with Gasteiger partial charge in [-0.05, 0) is 36.8 Å². The molecule has 3 rings (SSSR count). The summed E-state index contributed by atoms with van der Waals surface area (Å²) in [6, 6.07) is 17.6. The maximum absolute atomic E-state index is 12.4. The molecule has 0 N–H and O–H groups in total. The zero-order valence-electron chi connectivity index (χ0n) is 13.9.